The van der Waals surface area contributed by atoms with Crippen LogP contribution in [0.15, 0.2) is 17.1 Å². The van der Waals surface area contributed by atoms with Gasteiger partial charge in [0.2, 0.25) is 5.43 Å². The molecule has 2 aromatic rings. The van der Waals surface area contributed by atoms with Crippen molar-refractivity contribution in [3.63, 3.8) is 0 Å². The Labute approximate surface area is 166 Å². The van der Waals surface area contributed by atoms with Crippen molar-refractivity contribution in [2.24, 2.45) is 5.92 Å². The van der Waals surface area contributed by atoms with Crippen LogP contribution in [0.1, 0.15) is 41.2 Å². The van der Waals surface area contributed by atoms with Crippen LogP contribution in [-0.2, 0) is 0 Å². The van der Waals surface area contributed by atoms with E-state index in [9.17, 15) is 19.1 Å². The fourth-order valence-corrected chi connectivity index (χ4v) is 5.14. The van der Waals surface area contributed by atoms with Crippen LogP contribution in [0.4, 0.5) is 14.5 Å². The van der Waals surface area contributed by atoms with E-state index < -0.39 is 35.0 Å². The van der Waals surface area contributed by atoms with Gasteiger partial charge in [-0.1, -0.05) is 0 Å². The van der Waals surface area contributed by atoms with Gasteiger partial charge < -0.3 is 19.9 Å². The van der Waals surface area contributed by atoms with Crippen LogP contribution in [0.5, 0.6) is 0 Å². The van der Waals surface area contributed by atoms with Crippen molar-refractivity contribution < 1.29 is 18.7 Å². The smallest absolute Gasteiger partial charge is 0.341 e. The first-order chi connectivity index (χ1) is 13.9. The number of benzene rings is 1. The number of carboxylic acid groups (broad SMARTS) is 1. The lowest BCUT2D eigenvalue weighted by molar-refractivity contribution is 0.0694. The normalized spacial score (nSPS) is 28.6. The second-order valence-electron chi connectivity index (χ2n) is 8.50. The van der Waals surface area contributed by atoms with E-state index in [0.29, 0.717) is 35.3 Å². The number of aromatic nitrogens is 1. The third kappa shape index (κ3) is 2.84. The lowest BCUT2D eigenvalue weighted by Crippen LogP contribution is -2.40. The largest absolute Gasteiger partial charge is 0.477 e. The Hall–Kier alpha value is -2.48. The molecule has 8 heteroatoms. The number of piperidine rings is 1. The topological polar surface area (TPSA) is 74.6 Å². The molecule has 0 bridgehead atoms. The van der Waals surface area contributed by atoms with E-state index in [1.165, 1.54) is 10.8 Å². The maximum Gasteiger partial charge on any atom is 0.341 e. The van der Waals surface area contributed by atoms with Crippen molar-refractivity contribution in [3.8, 4) is 0 Å². The monoisotopic (exact) mass is 403 g/mol. The zero-order valence-electron chi connectivity index (χ0n) is 16.1. The number of rotatable bonds is 3. The van der Waals surface area contributed by atoms with Crippen LogP contribution in [-0.4, -0.2) is 47.5 Å². The van der Waals surface area contributed by atoms with E-state index in [-0.39, 0.29) is 11.8 Å². The summed E-state index contributed by atoms with van der Waals surface area (Å²) in [5.74, 6) is -1.47. The molecule has 0 radical (unpaired) electrons. The Morgan fingerprint density at radius 1 is 1.34 bits per heavy atom. The number of aromatic carboxylic acids is 1. The standard InChI is InChI=1S/C21H23F2N3O3/c1-10-18-12(20(27)13(21(28)29)8-26(18)17-6-14(17)22)5-15(23)19(10)25-7-11-3-2-4-24-16(11)9-25/h5,8,11,14,16-17,24H,2-4,6-7,9H2,1H3,(H,28,29)/t11-,14-,16+,17+/m0/s1. The zero-order chi connectivity index (χ0) is 20.4. The lowest BCUT2D eigenvalue weighted by atomic mass is 9.94. The molecule has 2 aliphatic heterocycles. The summed E-state index contributed by atoms with van der Waals surface area (Å²) < 4.78 is 30.6. The predicted molar refractivity (Wildman–Crippen MR) is 105 cm³/mol. The van der Waals surface area contributed by atoms with Gasteiger partial charge in [0.1, 0.15) is 17.6 Å². The lowest BCUT2D eigenvalue weighted by Gasteiger charge is -2.24. The number of hydrogen-bond acceptors (Lipinski definition) is 4. The van der Waals surface area contributed by atoms with Crippen molar-refractivity contribution in [1.82, 2.24) is 9.88 Å². The minimum absolute atomic E-state index is 0.00233. The molecule has 1 aliphatic carbocycles. The highest BCUT2D eigenvalue weighted by atomic mass is 19.1. The van der Waals surface area contributed by atoms with Gasteiger partial charge in [-0.2, -0.15) is 0 Å². The van der Waals surface area contributed by atoms with E-state index in [4.69, 9.17) is 0 Å². The SMILES string of the molecule is Cc1c(N2C[C@@H]3CCCN[C@@H]3C2)c(F)cc2c(=O)c(C(=O)O)cn([C@@H]3C[C@@H]3F)c12. The number of anilines is 1. The molecule has 3 fully saturated rings. The van der Waals surface area contributed by atoms with Crippen LogP contribution in [0, 0.1) is 18.7 Å². The molecular weight excluding hydrogens is 380 g/mol. The molecule has 0 amide bonds. The third-order valence-electron chi connectivity index (χ3n) is 6.66. The second kappa shape index (κ2) is 6.52. The van der Waals surface area contributed by atoms with Gasteiger partial charge >= 0.3 is 5.97 Å². The molecule has 1 saturated carbocycles. The molecule has 29 heavy (non-hydrogen) atoms. The molecule has 154 valence electrons. The highest BCUT2D eigenvalue weighted by Crippen LogP contribution is 2.43. The summed E-state index contributed by atoms with van der Waals surface area (Å²) in [7, 11) is 0. The highest BCUT2D eigenvalue weighted by Gasteiger charge is 2.41. The summed E-state index contributed by atoms with van der Waals surface area (Å²) >= 11 is 0. The number of fused-ring (bicyclic) bond motifs is 2. The van der Waals surface area contributed by atoms with Crippen molar-refractivity contribution in [1.29, 1.82) is 0 Å². The molecule has 2 N–H and O–H groups in total. The molecule has 1 aromatic heterocycles. The van der Waals surface area contributed by atoms with Crippen molar-refractivity contribution in [2.45, 2.75) is 44.4 Å². The van der Waals surface area contributed by atoms with Crippen LogP contribution in [0.3, 0.4) is 0 Å². The number of carboxylic acids is 1. The average molecular weight is 403 g/mol. The summed E-state index contributed by atoms with van der Waals surface area (Å²) in [6.07, 6.45) is 2.60. The number of hydrogen-bond donors (Lipinski definition) is 2. The minimum atomic E-state index is -1.39. The van der Waals surface area contributed by atoms with E-state index in [0.717, 1.165) is 32.0 Å². The average Bonchev–Trinajstić information content (AvgIpc) is 3.24. The van der Waals surface area contributed by atoms with Gasteiger partial charge in [0.05, 0.1) is 17.2 Å². The van der Waals surface area contributed by atoms with Gasteiger partial charge in [-0.05, 0) is 43.9 Å². The molecule has 0 spiro atoms. The van der Waals surface area contributed by atoms with Gasteiger partial charge in [0.25, 0.3) is 0 Å². The first-order valence-corrected chi connectivity index (χ1v) is 10.1. The maximum absolute atomic E-state index is 15.2. The summed E-state index contributed by atoms with van der Waals surface area (Å²) in [6, 6.07) is 0.929. The summed E-state index contributed by atoms with van der Waals surface area (Å²) in [5, 5.41) is 12.9. The Morgan fingerprint density at radius 3 is 2.76 bits per heavy atom. The van der Waals surface area contributed by atoms with Gasteiger partial charge in [-0.15, -0.1) is 0 Å². The molecular formula is C21H23F2N3O3. The predicted octanol–water partition coefficient (Wildman–Crippen LogP) is 2.62. The van der Waals surface area contributed by atoms with E-state index in [1.54, 1.807) is 6.92 Å². The van der Waals surface area contributed by atoms with E-state index in [1.807, 2.05) is 4.90 Å². The summed E-state index contributed by atoms with van der Waals surface area (Å²) in [6.45, 7) is 4.11. The van der Waals surface area contributed by atoms with Crippen molar-refractivity contribution >= 4 is 22.6 Å². The molecule has 1 aromatic carbocycles. The van der Waals surface area contributed by atoms with Crippen LogP contribution in [0.25, 0.3) is 10.9 Å². The minimum Gasteiger partial charge on any atom is -0.477 e. The molecule has 3 aliphatic rings. The number of alkyl halides is 1. The highest BCUT2D eigenvalue weighted by molar-refractivity contribution is 5.95. The fourth-order valence-electron chi connectivity index (χ4n) is 5.14. The third-order valence-corrected chi connectivity index (χ3v) is 6.66. The molecule has 6 nitrogen and oxygen atoms in total. The van der Waals surface area contributed by atoms with E-state index >= 15 is 4.39 Å². The van der Waals surface area contributed by atoms with Gasteiger partial charge in [-0.3, -0.25) is 4.79 Å². The Balaban J connectivity index is 1.70. The molecule has 3 heterocycles. The maximum atomic E-state index is 15.2. The number of carbonyl (C=O) groups is 1. The summed E-state index contributed by atoms with van der Waals surface area (Å²) in [5.41, 5.74) is 0.238. The summed E-state index contributed by atoms with van der Waals surface area (Å²) in [4.78, 5) is 26.2. The van der Waals surface area contributed by atoms with Crippen LogP contribution >= 0.6 is 0 Å². The molecule has 0 unspecified atom stereocenters. The quantitative estimate of drug-likeness (QED) is 0.824. The zero-order valence-corrected chi connectivity index (χ0v) is 16.1. The number of nitrogens with one attached hydrogen (secondary N) is 1. The number of nitrogens with zero attached hydrogens (tertiary/aromatic N) is 2. The number of aryl methyl sites for hydroxylation is 1. The van der Waals surface area contributed by atoms with Gasteiger partial charge in [0.15, 0.2) is 0 Å². The first kappa shape index (κ1) is 18.5. The Kier molecular flexibility index (Phi) is 4.17. The van der Waals surface area contributed by atoms with E-state index in [2.05, 4.69) is 5.32 Å². The second-order valence-corrected chi connectivity index (χ2v) is 8.50. The first-order valence-electron chi connectivity index (χ1n) is 10.1. The fraction of sp³-hybridized carbons (Fsp3) is 0.524. The van der Waals surface area contributed by atoms with Crippen LogP contribution < -0.4 is 15.6 Å². The van der Waals surface area contributed by atoms with Gasteiger partial charge in [-0.25, -0.2) is 13.6 Å². The Morgan fingerprint density at radius 2 is 2.10 bits per heavy atom. The van der Waals surface area contributed by atoms with Crippen molar-refractivity contribution in [3.05, 3.63) is 39.4 Å². The number of halogens is 2. The Bertz CT molecular complexity index is 1070. The molecule has 4 atom stereocenters. The molecule has 5 rings (SSSR count). The van der Waals surface area contributed by atoms with Crippen molar-refractivity contribution in [2.75, 3.05) is 24.5 Å². The number of pyridine rings is 1. The molecule has 2 saturated heterocycles. The van der Waals surface area contributed by atoms with Crippen LogP contribution in [0.2, 0.25) is 0 Å². The van der Waals surface area contributed by atoms with Gasteiger partial charge in [0, 0.05) is 37.1 Å².